The van der Waals surface area contributed by atoms with Crippen LogP contribution in [0.2, 0.25) is 0 Å². The van der Waals surface area contributed by atoms with E-state index in [4.69, 9.17) is 10.2 Å². The summed E-state index contributed by atoms with van der Waals surface area (Å²) in [6, 6.07) is 0. The van der Waals surface area contributed by atoms with E-state index in [0.717, 1.165) is 0 Å². The molecule has 0 radical (unpaired) electrons. The van der Waals surface area contributed by atoms with Crippen LogP contribution in [0.4, 0.5) is 0 Å². The summed E-state index contributed by atoms with van der Waals surface area (Å²) in [4.78, 5) is 0. The minimum absolute atomic E-state index is 0.481. The Labute approximate surface area is 59.7 Å². The quantitative estimate of drug-likeness (QED) is 0.340. The van der Waals surface area contributed by atoms with Crippen molar-refractivity contribution in [2.75, 3.05) is 0 Å². The lowest BCUT2D eigenvalue weighted by Gasteiger charge is -2.19. The summed E-state index contributed by atoms with van der Waals surface area (Å²) >= 11 is 7.30. The fraction of sp³-hybridized carbons (Fsp3) is 1.00. The zero-order valence-corrected chi connectivity index (χ0v) is 6.36. The molecule has 0 aliphatic rings. The summed E-state index contributed by atoms with van der Waals surface area (Å²) < 4.78 is 0. The van der Waals surface area contributed by atoms with Crippen molar-refractivity contribution in [3.63, 3.8) is 0 Å². The predicted octanol–water partition coefficient (Wildman–Crippen LogP) is 0.263. The van der Waals surface area contributed by atoms with Crippen LogP contribution in [0.25, 0.3) is 0 Å². The third-order valence-electron chi connectivity index (χ3n) is 0.834. The van der Waals surface area contributed by atoms with Gasteiger partial charge in [0.15, 0.2) is 0 Å². The molecule has 0 spiro atoms. The summed E-state index contributed by atoms with van der Waals surface area (Å²) in [5, 5.41) is 14.8. The second-order valence-electron chi connectivity index (χ2n) is 1.61. The molecule has 50 valence electrons. The van der Waals surface area contributed by atoms with E-state index < -0.39 is 10.4 Å². The van der Waals surface area contributed by atoms with E-state index >= 15 is 0 Å². The first-order valence-electron chi connectivity index (χ1n) is 2.33. The molecule has 0 fully saturated rings. The fourth-order valence-corrected chi connectivity index (χ4v) is 0.456. The van der Waals surface area contributed by atoms with Crippen LogP contribution in [0.5, 0.6) is 0 Å². The van der Waals surface area contributed by atoms with Gasteiger partial charge in [-0.1, -0.05) is 6.92 Å². The fourth-order valence-electron chi connectivity index (χ4n) is 0.274. The highest BCUT2D eigenvalue weighted by atomic mass is 32.1. The van der Waals surface area contributed by atoms with Crippen LogP contribution < -0.4 is 0 Å². The monoisotopic (exact) mass is 154 g/mol. The van der Waals surface area contributed by atoms with E-state index in [1.54, 1.807) is 6.92 Å². The van der Waals surface area contributed by atoms with E-state index in [0.29, 0.717) is 6.42 Å². The second kappa shape index (κ2) is 2.96. The Hall–Kier alpha value is 0.620. The molecular formula is C4H10O2S2. The van der Waals surface area contributed by atoms with E-state index in [2.05, 4.69) is 25.3 Å². The Bertz CT molecular complexity index is 68.9. The molecule has 2 N–H and O–H groups in total. The van der Waals surface area contributed by atoms with Crippen molar-refractivity contribution in [3.05, 3.63) is 0 Å². The lowest BCUT2D eigenvalue weighted by Crippen LogP contribution is -2.31. The van der Waals surface area contributed by atoms with Gasteiger partial charge in [0.25, 0.3) is 0 Å². The van der Waals surface area contributed by atoms with Crippen molar-refractivity contribution in [1.82, 2.24) is 0 Å². The largest absolute Gasteiger partial charge is 0.357 e. The van der Waals surface area contributed by atoms with Crippen LogP contribution in [-0.4, -0.2) is 20.6 Å². The maximum Gasteiger partial charge on any atom is 0.222 e. The number of aliphatic hydroxyl groups is 2. The molecule has 8 heavy (non-hydrogen) atoms. The van der Waals surface area contributed by atoms with E-state index in [-0.39, 0.29) is 0 Å². The number of thiol groups is 2. The van der Waals surface area contributed by atoms with Crippen LogP contribution in [0.15, 0.2) is 0 Å². The van der Waals surface area contributed by atoms with Gasteiger partial charge in [0.1, 0.15) is 0 Å². The molecule has 2 nitrogen and oxygen atoms in total. The molecule has 1 atom stereocenters. The number of hydrogen-bond donors (Lipinski definition) is 4. The van der Waals surface area contributed by atoms with Crippen molar-refractivity contribution >= 4 is 25.3 Å². The minimum atomic E-state index is -1.93. The lowest BCUT2D eigenvalue weighted by molar-refractivity contribution is -0.0738. The molecule has 0 aromatic carbocycles. The van der Waals surface area contributed by atoms with Gasteiger partial charge in [-0.3, -0.25) is 0 Å². The molecule has 4 heteroatoms. The van der Waals surface area contributed by atoms with Crippen molar-refractivity contribution in [1.29, 1.82) is 0 Å². The van der Waals surface area contributed by atoms with Crippen molar-refractivity contribution in [3.8, 4) is 0 Å². The predicted molar refractivity (Wildman–Crippen MR) is 39.2 cm³/mol. The molecule has 0 heterocycles. The molecule has 0 aromatic rings. The highest BCUT2D eigenvalue weighted by molar-refractivity contribution is 7.85. The summed E-state index contributed by atoms with van der Waals surface area (Å²) in [7, 11) is 0. The van der Waals surface area contributed by atoms with Crippen LogP contribution in [-0.2, 0) is 0 Å². The first-order valence-corrected chi connectivity index (χ1v) is 3.30. The average molecular weight is 154 g/mol. The Morgan fingerprint density at radius 1 is 1.62 bits per heavy atom. The molecule has 1 unspecified atom stereocenters. The smallest absolute Gasteiger partial charge is 0.222 e. The van der Waals surface area contributed by atoms with Gasteiger partial charge in [0.05, 0.1) is 5.25 Å². The van der Waals surface area contributed by atoms with Gasteiger partial charge < -0.3 is 10.2 Å². The van der Waals surface area contributed by atoms with Crippen LogP contribution in [0, 0.1) is 0 Å². The van der Waals surface area contributed by atoms with Gasteiger partial charge in [-0.2, -0.15) is 12.6 Å². The zero-order chi connectivity index (χ0) is 6.78. The molecule has 0 bridgehead atoms. The first kappa shape index (κ1) is 8.62. The minimum Gasteiger partial charge on any atom is -0.357 e. The summed E-state index contributed by atoms with van der Waals surface area (Å²) in [6.45, 7) is 1.80. The van der Waals surface area contributed by atoms with Crippen molar-refractivity contribution in [2.45, 2.75) is 23.7 Å². The summed E-state index contributed by atoms with van der Waals surface area (Å²) in [6.07, 6.45) is 0.583. The third kappa shape index (κ3) is 2.81. The highest BCUT2D eigenvalue weighted by Crippen LogP contribution is 2.18. The molecule has 0 saturated carbocycles. The van der Waals surface area contributed by atoms with Gasteiger partial charge in [-0.15, -0.1) is 12.6 Å². The Morgan fingerprint density at radius 2 is 2.00 bits per heavy atom. The third-order valence-corrected chi connectivity index (χ3v) is 2.07. The summed E-state index contributed by atoms with van der Waals surface area (Å²) in [5.41, 5.74) is 0. The van der Waals surface area contributed by atoms with Crippen LogP contribution in [0.3, 0.4) is 0 Å². The number of hydrogen-bond acceptors (Lipinski definition) is 4. The highest BCUT2D eigenvalue weighted by Gasteiger charge is 2.24. The normalized spacial score (nSPS) is 16.1. The van der Waals surface area contributed by atoms with Gasteiger partial charge in [0, 0.05) is 0 Å². The van der Waals surface area contributed by atoms with Crippen molar-refractivity contribution < 1.29 is 10.2 Å². The Morgan fingerprint density at radius 3 is 2.00 bits per heavy atom. The SMILES string of the molecule is CCC(S)C(O)(O)S. The van der Waals surface area contributed by atoms with Gasteiger partial charge >= 0.3 is 0 Å². The molecule has 0 amide bonds. The van der Waals surface area contributed by atoms with E-state index in [9.17, 15) is 0 Å². The van der Waals surface area contributed by atoms with Gasteiger partial charge in [-0.25, -0.2) is 0 Å². The lowest BCUT2D eigenvalue weighted by atomic mass is 10.3. The van der Waals surface area contributed by atoms with Crippen LogP contribution in [0.1, 0.15) is 13.3 Å². The maximum atomic E-state index is 8.63. The van der Waals surface area contributed by atoms with Crippen molar-refractivity contribution in [2.24, 2.45) is 0 Å². The van der Waals surface area contributed by atoms with E-state index in [1.165, 1.54) is 0 Å². The molecule has 0 aliphatic carbocycles. The van der Waals surface area contributed by atoms with Gasteiger partial charge in [-0.05, 0) is 6.42 Å². The molecule has 0 aromatic heterocycles. The molecule has 0 rings (SSSR count). The Kier molecular flexibility index (Phi) is 3.19. The molecule has 0 saturated heterocycles. The first-order chi connectivity index (χ1) is 3.48. The summed E-state index contributed by atoms with van der Waals surface area (Å²) in [5.74, 6) is 0. The van der Waals surface area contributed by atoms with E-state index in [1.807, 2.05) is 0 Å². The van der Waals surface area contributed by atoms with Crippen LogP contribution >= 0.6 is 25.3 Å². The van der Waals surface area contributed by atoms with Gasteiger partial charge in [0.2, 0.25) is 5.12 Å². The Balaban J connectivity index is 3.62. The molecular weight excluding hydrogens is 144 g/mol. The topological polar surface area (TPSA) is 40.5 Å². The number of rotatable bonds is 2. The molecule has 0 aliphatic heterocycles. The zero-order valence-electron chi connectivity index (χ0n) is 4.57. The standard InChI is InChI=1S/C4H10O2S2/c1-2-3(7)4(5,6)8/h3,5-8H,2H2,1H3. The maximum absolute atomic E-state index is 8.63. The average Bonchev–Trinajstić information content (AvgIpc) is 1.62. The second-order valence-corrected chi connectivity index (χ2v) is 2.89.